The average molecular weight is 335 g/mol. The number of hydrogen-bond acceptors (Lipinski definition) is 2. The Morgan fingerprint density at radius 3 is 2.70 bits per heavy atom. The van der Waals surface area contributed by atoms with Gasteiger partial charge in [0.25, 0.3) is 0 Å². The summed E-state index contributed by atoms with van der Waals surface area (Å²) in [6.45, 7) is 6.30. The highest BCUT2D eigenvalue weighted by Gasteiger charge is 2.32. The molecule has 2 rings (SSSR count). The number of carbonyl (C=O) groups excluding carboxylic acids is 1. The second kappa shape index (κ2) is 5.92. The number of aromatic nitrogens is 2. The monoisotopic (exact) mass is 334 g/mol. The molecule has 1 aromatic carbocycles. The summed E-state index contributed by atoms with van der Waals surface area (Å²) in [5, 5.41) is 0. The number of nitrogens with zero attached hydrogens (tertiary/aromatic N) is 2. The number of carbonyl (C=O) groups is 1. The lowest BCUT2D eigenvalue weighted by Gasteiger charge is -2.29. The van der Waals surface area contributed by atoms with E-state index in [0.717, 1.165) is 16.5 Å². The summed E-state index contributed by atoms with van der Waals surface area (Å²) in [4.78, 5) is 16.6. The summed E-state index contributed by atoms with van der Waals surface area (Å²) >= 11 is 3.48. The minimum atomic E-state index is -0.107. The van der Waals surface area contributed by atoms with Crippen molar-refractivity contribution in [3.05, 3.63) is 53.0 Å². The third kappa shape index (κ3) is 3.57. The number of imidazole rings is 1. The van der Waals surface area contributed by atoms with Crippen LogP contribution in [0.4, 0.5) is 0 Å². The van der Waals surface area contributed by atoms with Crippen LogP contribution in [0.2, 0.25) is 0 Å². The molecular formula is C16H19BrN2O. The molecule has 0 spiro atoms. The van der Waals surface area contributed by atoms with Crippen LogP contribution in [-0.2, 0) is 6.42 Å². The van der Waals surface area contributed by atoms with Crippen LogP contribution in [0.5, 0.6) is 0 Å². The molecule has 1 unspecified atom stereocenters. The lowest BCUT2D eigenvalue weighted by atomic mass is 9.76. The van der Waals surface area contributed by atoms with E-state index < -0.39 is 0 Å². The molecule has 106 valence electrons. The lowest BCUT2D eigenvalue weighted by Crippen LogP contribution is -2.33. The van der Waals surface area contributed by atoms with Crippen molar-refractivity contribution in [3.63, 3.8) is 0 Å². The van der Waals surface area contributed by atoms with Crippen LogP contribution >= 0.6 is 15.9 Å². The van der Waals surface area contributed by atoms with Gasteiger partial charge in [-0.15, -0.1) is 0 Å². The van der Waals surface area contributed by atoms with Crippen molar-refractivity contribution in [1.82, 2.24) is 9.55 Å². The summed E-state index contributed by atoms with van der Waals surface area (Å²) in [6.07, 6.45) is 5.64. The van der Waals surface area contributed by atoms with Gasteiger partial charge in [0.2, 0.25) is 5.91 Å². The van der Waals surface area contributed by atoms with Crippen LogP contribution in [0.1, 0.15) is 31.1 Å². The Morgan fingerprint density at radius 1 is 1.40 bits per heavy atom. The summed E-state index contributed by atoms with van der Waals surface area (Å²) in [5.41, 5.74) is 1.05. The van der Waals surface area contributed by atoms with Crippen molar-refractivity contribution in [2.24, 2.45) is 11.3 Å². The van der Waals surface area contributed by atoms with Gasteiger partial charge in [0, 0.05) is 22.8 Å². The van der Waals surface area contributed by atoms with Crippen molar-refractivity contribution in [2.45, 2.75) is 27.2 Å². The first kappa shape index (κ1) is 15.0. The maximum atomic E-state index is 12.7. The molecular weight excluding hydrogens is 316 g/mol. The van der Waals surface area contributed by atoms with Gasteiger partial charge in [-0.05, 0) is 29.5 Å². The SMILES string of the molecule is CC(C)(C)C(Cc1cccc(Br)c1)C(=O)n1ccnc1. The molecule has 0 bridgehead atoms. The third-order valence-corrected chi connectivity index (χ3v) is 3.92. The van der Waals surface area contributed by atoms with E-state index in [9.17, 15) is 4.79 Å². The summed E-state index contributed by atoms with van der Waals surface area (Å²) in [6, 6.07) is 8.12. The van der Waals surface area contributed by atoms with Crippen LogP contribution in [0, 0.1) is 11.3 Å². The van der Waals surface area contributed by atoms with E-state index in [4.69, 9.17) is 0 Å². The van der Waals surface area contributed by atoms with Crippen LogP contribution in [0.15, 0.2) is 47.5 Å². The van der Waals surface area contributed by atoms with Crippen LogP contribution in [0.25, 0.3) is 0 Å². The highest BCUT2D eigenvalue weighted by atomic mass is 79.9. The van der Waals surface area contributed by atoms with Crippen molar-refractivity contribution in [2.75, 3.05) is 0 Å². The van der Waals surface area contributed by atoms with Gasteiger partial charge in [0.05, 0.1) is 0 Å². The van der Waals surface area contributed by atoms with Gasteiger partial charge in [-0.25, -0.2) is 4.98 Å². The van der Waals surface area contributed by atoms with E-state index in [-0.39, 0.29) is 17.2 Å². The normalized spacial score (nSPS) is 13.2. The lowest BCUT2D eigenvalue weighted by molar-refractivity contribution is 0.0724. The second-order valence-electron chi connectivity index (χ2n) is 6.06. The van der Waals surface area contributed by atoms with E-state index >= 15 is 0 Å². The number of halogens is 1. The zero-order valence-electron chi connectivity index (χ0n) is 12.0. The average Bonchev–Trinajstić information content (AvgIpc) is 2.87. The van der Waals surface area contributed by atoms with Crippen LogP contribution in [-0.4, -0.2) is 15.5 Å². The molecule has 0 saturated heterocycles. The van der Waals surface area contributed by atoms with E-state index in [0.29, 0.717) is 0 Å². The molecule has 0 aliphatic carbocycles. The molecule has 0 aliphatic heterocycles. The molecule has 0 N–H and O–H groups in total. The Hall–Kier alpha value is -1.42. The molecule has 0 fully saturated rings. The van der Waals surface area contributed by atoms with E-state index in [1.165, 1.54) is 0 Å². The van der Waals surface area contributed by atoms with Crippen molar-refractivity contribution in [3.8, 4) is 0 Å². The number of benzene rings is 1. The topological polar surface area (TPSA) is 34.9 Å². The zero-order chi connectivity index (χ0) is 14.8. The maximum absolute atomic E-state index is 12.7. The fraction of sp³-hybridized carbons (Fsp3) is 0.375. The molecule has 3 nitrogen and oxygen atoms in total. The first-order valence-corrected chi connectivity index (χ1v) is 7.44. The first-order valence-electron chi connectivity index (χ1n) is 6.64. The molecule has 1 aromatic heterocycles. The molecule has 4 heteroatoms. The molecule has 2 aromatic rings. The molecule has 1 atom stereocenters. The predicted octanol–water partition coefficient (Wildman–Crippen LogP) is 4.19. The van der Waals surface area contributed by atoms with Crippen molar-refractivity contribution in [1.29, 1.82) is 0 Å². The highest BCUT2D eigenvalue weighted by Crippen LogP contribution is 2.31. The summed E-state index contributed by atoms with van der Waals surface area (Å²) < 4.78 is 2.62. The Balaban J connectivity index is 2.27. The van der Waals surface area contributed by atoms with E-state index in [2.05, 4.69) is 53.8 Å². The molecule has 0 saturated carbocycles. The van der Waals surface area contributed by atoms with Crippen LogP contribution < -0.4 is 0 Å². The summed E-state index contributed by atoms with van der Waals surface area (Å²) in [5.74, 6) is 0.000903. The Morgan fingerprint density at radius 2 is 2.15 bits per heavy atom. The van der Waals surface area contributed by atoms with Crippen molar-refractivity contribution < 1.29 is 4.79 Å². The van der Waals surface area contributed by atoms with Crippen LogP contribution in [0.3, 0.4) is 0 Å². The van der Waals surface area contributed by atoms with Crippen molar-refractivity contribution >= 4 is 21.8 Å². The first-order chi connectivity index (χ1) is 9.38. The maximum Gasteiger partial charge on any atom is 0.235 e. The van der Waals surface area contributed by atoms with Gasteiger partial charge in [-0.3, -0.25) is 9.36 Å². The fourth-order valence-electron chi connectivity index (χ4n) is 2.23. The smallest absolute Gasteiger partial charge is 0.235 e. The molecule has 0 aliphatic rings. The Labute approximate surface area is 128 Å². The standard InChI is InChI=1S/C16H19BrN2O/c1-16(2,3)14(15(20)19-8-7-18-11-19)10-12-5-4-6-13(17)9-12/h4-9,11,14H,10H2,1-3H3. The zero-order valence-corrected chi connectivity index (χ0v) is 13.6. The number of rotatable bonds is 3. The molecule has 1 heterocycles. The molecule has 0 radical (unpaired) electrons. The van der Waals surface area contributed by atoms with Gasteiger partial charge in [-0.1, -0.05) is 48.8 Å². The minimum Gasteiger partial charge on any atom is -0.276 e. The van der Waals surface area contributed by atoms with Gasteiger partial charge in [0.15, 0.2) is 0 Å². The van der Waals surface area contributed by atoms with Gasteiger partial charge >= 0.3 is 0 Å². The fourth-order valence-corrected chi connectivity index (χ4v) is 2.68. The largest absolute Gasteiger partial charge is 0.276 e. The Kier molecular flexibility index (Phi) is 4.43. The second-order valence-corrected chi connectivity index (χ2v) is 6.98. The van der Waals surface area contributed by atoms with Gasteiger partial charge in [-0.2, -0.15) is 0 Å². The third-order valence-electron chi connectivity index (χ3n) is 3.43. The quantitative estimate of drug-likeness (QED) is 0.843. The summed E-state index contributed by atoms with van der Waals surface area (Å²) in [7, 11) is 0. The molecule has 20 heavy (non-hydrogen) atoms. The van der Waals surface area contributed by atoms with Gasteiger partial charge in [0.1, 0.15) is 6.33 Å². The molecule has 0 amide bonds. The highest BCUT2D eigenvalue weighted by molar-refractivity contribution is 9.10. The number of hydrogen-bond donors (Lipinski definition) is 0. The van der Waals surface area contributed by atoms with E-state index in [1.54, 1.807) is 23.3 Å². The minimum absolute atomic E-state index is 0.0917. The van der Waals surface area contributed by atoms with Gasteiger partial charge < -0.3 is 0 Å². The Bertz CT molecular complexity index is 585. The van der Waals surface area contributed by atoms with E-state index in [1.807, 2.05) is 12.1 Å². The predicted molar refractivity (Wildman–Crippen MR) is 83.6 cm³/mol.